The largest absolute Gasteiger partial charge is 0.352 e. The van der Waals surface area contributed by atoms with E-state index >= 15 is 0 Å². The van der Waals surface area contributed by atoms with Crippen molar-refractivity contribution in [1.29, 1.82) is 0 Å². The van der Waals surface area contributed by atoms with Gasteiger partial charge in [-0.05, 0) is 30.9 Å². The summed E-state index contributed by atoms with van der Waals surface area (Å²) in [6.45, 7) is 4.99. The van der Waals surface area contributed by atoms with E-state index < -0.39 is 0 Å². The van der Waals surface area contributed by atoms with Gasteiger partial charge in [0.2, 0.25) is 0 Å². The summed E-state index contributed by atoms with van der Waals surface area (Å²) in [5, 5.41) is 13.1. The molecular weight excluding hydrogens is 280 g/mol. The Morgan fingerprint density at radius 1 is 1.24 bits per heavy atom. The Hall–Kier alpha value is -1.59. The maximum atomic E-state index is 4.35. The average Bonchev–Trinajstić information content (AvgIpc) is 2.55. The molecule has 1 aromatic heterocycles. The molecule has 110 valence electrons. The zero-order chi connectivity index (χ0) is 14.7. The molecule has 0 amide bonds. The highest BCUT2D eigenvalue weighted by Crippen LogP contribution is 2.22. The molecule has 2 aromatic rings. The van der Waals surface area contributed by atoms with Gasteiger partial charge in [-0.1, -0.05) is 29.8 Å². The van der Waals surface area contributed by atoms with Crippen LogP contribution in [0.2, 0.25) is 0 Å². The molecule has 3 rings (SSSR count). The first-order valence-electron chi connectivity index (χ1n) is 7.19. The van der Waals surface area contributed by atoms with Crippen LogP contribution in [0.3, 0.4) is 0 Å². The Balaban J connectivity index is 1.75. The van der Waals surface area contributed by atoms with Crippen LogP contribution in [0.25, 0.3) is 0 Å². The minimum Gasteiger partial charge on any atom is -0.352 e. The predicted molar refractivity (Wildman–Crippen MR) is 87.9 cm³/mol. The van der Waals surface area contributed by atoms with Crippen molar-refractivity contribution in [1.82, 2.24) is 15.5 Å². The van der Waals surface area contributed by atoms with Crippen LogP contribution in [0, 0.1) is 6.92 Å². The van der Waals surface area contributed by atoms with Gasteiger partial charge in [-0.15, -0.1) is 22.0 Å². The van der Waals surface area contributed by atoms with E-state index in [-0.39, 0.29) is 0 Å². The van der Waals surface area contributed by atoms with Crippen molar-refractivity contribution < 1.29 is 0 Å². The van der Waals surface area contributed by atoms with E-state index in [1.165, 1.54) is 11.1 Å². The smallest absolute Gasteiger partial charge is 0.151 e. The van der Waals surface area contributed by atoms with Crippen molar-refractivity contribution in [3.05, 3.63) is 47.5 Å². The number of rotatable bonds is 3. The van der Waals surface area contributed by atoms with Gasteiger partial charge < -0.3 is 10.2 Å². The van der Waals surface area contributed by atoms with E-state index in [2.05, 4.69) is 57.7 Å². The number of aryl methyl sites for hydroxylation is 1. The fourth-order valence-electron chi connectivity index (χ4n) is 2.66. The second kappa shape index (κ2) is 6.45. The summed E-state index contributed by atoms with van der Waals surface area (Å²) in [5.74, 6) is 0.965. The summed E-state index contributed by atoms with van der Waals surface area (Å²) in [4.78, 5) is 2.31. The van der Waals surface area contributed by atoms with Crippen molar-refractivity contribution >= 4 is 17.6 Å². The molecule has 0 radical (unpaired) electrons. The number of nitrogens with zero attached hydrogens (tertiary/aromatic N) is 3. The lowest BCUT2D eigenvalue weighted by atomic mass is 10.0. The number of aromatic nitrogens is 2. The summed E-state index contributed by atoms with van der Waals surface area (Å²) >= 11 is 1.62. The van der Waals surface area contributed by atoms with E-state index in [9.17, 15) is 0 Å². The molecule has 1 aromatic carbocycles. The first-order chi connectivity index (χ1) is 10.3. The molecule has 1 N–H and O–H groups in total. The topological polar surface area (TPSA) is 41.0 Å². The van der Waals surface area contributed by atoms with Crippen molar-refractivity contribution in [2.45, 2.75) is 18.0 Å². The van der Waals surface area contributed by atoms with E-state index in [0.717, 1.165) is 30.5 Å². The van der Waals surface area contributed by atoms with Crippen LogP contribution in [0.5, 0.6) is 0 Å². The maximum absolute atomic E-state index is 4.35. The Morgan fingerprint density at radius 3 is 2.86 bits per heavy atom. The van der Waals surface area contributed by atoms with Crippen LogP contribution in [0.15, 0.2) is 41.4 Å². The van der Waals surface area contributed by atoms with Crippen molar-refractivity contribution in [2.24, 2.45) is 0 Å². The Morgan fingerprint density at radius 2 is 2.14 bits per heavy atom. The molecule has 1 saturated heterocycles. The molecule has 0 aliphatic carbocycles. The van der Waals surface area contributed by atoms with Gasteiger partial charge in [0.25, 0.3) is 0 Å². The number of hydrogen-bond donors (Lipinski definition) is 1. The molecule has 0 saturated carbocycles. The van der Waals surface area contributed by atoms with E-state index in [1.807, 2.05) is 12.3 Å². The first kappa shape index (κ1) is 14.4. The lowest BCUT2D eigenvalue weighted by Gasteiger charge is -2.34. The molecule has 5 heteroatoms. The third-order valence-corrected chi connectivity index (χ3v) is 4.42. The molecule has 1 unspecified atom stereocenters. The number of thioether (sulfide) groups is 1. The zero-order valence-electron chi connectivity index (χ0n) is 12.4. The maximum Gasteiger partial charge on any atom is 0.151 e. The molecule has 2 heterocycles. The van der Waals surface area contributed by atoms with Gasteiger partial charge in [-0.25, -0.2) is 0 Å². The quantitative estimate of drug-likeness (QED) is 0.883. The number of anilines is 1. The predicted octanol–water partition coefficient (Wildman–Crippen LogP) is 2.66. The minimum absolute atomic E-state index is 0.348. The number of hydrogen-bond acceptors (Lipinski definition) is 5. The van der Waals surface area contributed by atoms with Gasteiger partial charge in [-0.2, -0.15) is 0 Å². The van der Waals surface area contributed by atoms with Crippen molar-refractivity contribution in [2.75, 3.05) is 30.8 Å². The standard InChI is InChI=1S/C16H20N4S/c1-12-4-3-5-13(10-12)14-11-20(9-8-17-14)15-6-7-16(21-2)19-18-15/h3-7,10,14,17H,8-9,11H2,1-2H3. The van der Waals surface area contributed by atoms with Gasteiger partial charge in [0.1, 0.15) is 5.03 Å². The average molecular weight is 300 g/mol. The number of piperazine rings is 1. The molecule has 1 aliphatic heterocycles. The van der Waals surface area contributed by atoms with Crippen LogP contribution in [0.1, 0.15) is 17.2 Å². The molecule has 21 heavy (non-hydrogen) atoms. The molecular formula is C16H20N4S. The van der Waals surface area contributed by atoms with Gasteiger partial charge in [0.05, 0.1) is 0 Å². The number of benzene rings is 1. The lowest BCUT2D eigenvalue weighted by Crippen LogP contribution is -2.46. The SMILES string of the molecule is CSc1ccc(N2CCNC(c3cccc(C)c3)C2)nn1. The van der Waals surface area contributed by atoms with Crippen LogP contribution in [0.4, 0.5) is 5.82 Å². The van der Waals surface area contributed by atoms with Crippen molar-refractivity contribution in [3.63, 3.8) is 0 Å². The van der Waals surface area contributed by atoms with E-state index in [0.29, 0.717) is 6.04 Å². The summed E-state index contributed by atoms with van der Waals surface area (Å²) in [5.41, 5.74) is 2.64. The highest BCUT2D eigenvalue weighted by Gasteiger charge is 2.21. The summed E-state index contributed by atoms with van der Waals surface area (Å²) in [7, 11) is 0. The first-order valence-corrected chi connectivity index (χ1v) is 8.41. The van der Waals surface area contributed by atoms with E-state index in [4.69, 9.17) is 0 Å². The molecule has 0 spiro atoms. The molecule has 1 aliphatic rings. The second-order valence-electron chi connectivity index (χ2n) is 5.30. The third kappa shape index (κ3) is 3.36. The number of nitrogens with one attached hydrogen (secondary N) is 1. The van der Waals surface area contributed by atoms with Crippen LogP contribution >= 0.6 is 11.8 Å². The fourth-order valence-corrected chi connectivity index (χ4v) is 2.99. The zero-order valence-corrected chi connectivity index (χ0v) is 13.2. The Labute approximate surface area is 130 Å². The van der Waals surface area contributed by atoms with Crippen molar-refractivity contribution in [3.8, 4) is 0 Å². The normalized spacial score (nSPS) is 18.8. The summed E-state index contributed by atoms with van der Waals surface area (Å²) in [6, 6.07) is 13.2. The summed E-state index contributed by atoms with van der Waals surface area (Å²) < 4.78 is 0. The van der Waals surface area contributed by atoms with Gasteiger partial charge in [0, 0.05) is 25.7 Å². The fraction of sp³-hybridized carbons (Fsp3) is 0.375. The molecule has 1 atom stereocenters. The lowest BCUT2D eigenvalue weighted by molar-refractivity contribution is 0.468. The Kier molecular flexibility index (Phi) is 4.41. The van der Waals surface area contributed by atoms with E-state index in [1.54, 1.807) is 11.8 Å². The monoisotopic (exact) mass is 300 g/mol. The molecule has 1 fully saturated rings. The van der Waals surface area contributed by atoms with Crippen LogP contribution in [-0.4, -0.2) is 36.1 Å². The molecule has 4 nitrogen and oxygen atoms in total. The summed E-state index contributed by atoms with van der Waals surface area (Å²) in [6.07, 6.45) is 2.02. The highest BCUT2D eigenvalue weighted by molar-refractivity contribution is 7.98. The minimum atomic E-state index is 0.348. The molecule has 0 bridgehead atoms. The third-order valence-electron chi connectivity index (χ3n) is 3.78. The van der Waals surface area contributed by atoms with Gasteiger partial charge in [-0.3, -0.25) is 0 Å². The highest BCUT2D eigenvalue weighted by atomic mass is 32.2. The Bertz CT molecular complexity index is 599. The van der Waals surface area contributed by atoms with Gasteiger partial charge >= 0.3 is 0 Å². The van der Waals surface area contributed by atoms with Crippen LogP contribution < -0.4 is 10.2 Å². The van der Waals surface area contributed by atoms with Crippen LogP contribution in [-0.2, 0) is 0 Å². The second-order valence-corrected chi connectivity index (χ2v) is 6.13. The van der Waals surface area contributed by atoms with Gasteiger partial charge in [0.15, 0.2) is 5.82 Å².